The minimum Gasteiger partial charge on any atom is -0.408 e. The number of nitrogens with zero attached hydrogens (tertiary/aromatic N) is 3. The van der Waals surface area contributed by atoms with Gasteiger partial charge in [0.2, 0.25) is 0 Å². The predicted molar refractivity (Wildman–Crippen MR) is 92.8 cm³/mol. The molecule has 1 fully saturated rings. The number of aromatic nitrogens is 3. The highest BCUT2D eigenvalue weighted by molar-refractivity contribution is 6.03. The number of aryl methyl sites for hydroxylation is 1. The van der Waals surface area contributed by atoms with E-state index in [1.807, 2.05) is 10.9 Å². The van der Waals surface area contributed by atoms with Crippen molar-refractivity contribution < 1.29 is 9.21 Å². The summed E-state index contributed by atoms with van der Waals surface area (Å²) in [6.07, 6.45) is 4.01. The highest BCUT2D eigenvalue weighted by Gasteiger charge is 2.18. The van der Waals surface area contributed by atoms with Crippen LogP contribution in [0.1, 0.15) is 29.4 Å². The molecule has 0 radical (unpaired) electrons. The lowest BCUT2D eigenvalue weighted by Crippen LogP contribution is -2.32. The highest BCUT2D eigenvalue weighted by Crippen LogP contribution is 2.19. The van der Waals surface area contributed by atoms with Gasteiger partial charge >= 0.3 is 5.76 Å². The largest absolute Gasteiger partial charge is 0.419 e. The monoisotopic (exact) mass is 341 g/mol. The zero-order valence-corrected chi connectivity index (χ0v) is 13.9. The summed E-state index contributed by atoms with van der Waals surface area (Å²) in [5.41, 5.74) is 2.07. The topological polar surface area (TPSA) is 94.1 Å². The van der Waals surface area contributed by atoms with Gasteiger partial charge in [-0.1, -0.05) is 0 Å². The van der Waals surface area contributed by atoms with Crippen molar-refractivity contribution in [1.29, 1.82) is 0 Å². The molecule has 8 heteroatoms. The Bertz CT molecular complexity index is 978. The third-order valence-electron chi connectivity index (χ3n) is 4.54. The van der Waals surface area contributed by atoms with Crippen LogP contribution < -0.4 is 16.4 Å². The Morgan fingerprint density at radius 2 is 2.28 bits per heavy atom. The van der Waals surface area contributed by atoms with Gasteiger partial charge < -0.3 is 15.1 Å². The van der Waals surface area contributed by atoms with E-state index in [1.165, 1.54) is 4.57 Å². The van der Waals surface area contributed by atoms with Crippen LogP contribution in [0.3, 0.4) is 0 Å². The second-order valence-electron chi connectivity index (χ2n) is 6.24. The Labute approximate surface area is 143 Å². The number of rotatable bonds is 3. The minimum absolute atomic E-state index is 0.282. The minimum atomic E-state index is -0.432. The fraction of sp³-hybridized carbons (Fsp3) is 0.353. The van der Waals surface area contributed by atoms with Gasteiger partial charge in [0.1, 0.15) is 0 Å². The number of carbonyl (C=O) groups is 1. The Balaban J connectivity index is 1.53. The molecule has 1 unspecified atom stereocenters. The quantitative estimate of drug-likeness (QED) is 0.753. The van der Waals surface area contributed by atoms with Gasteiger partial charge in [-0.3, -0.25) is 14.0 Å². The molecule has 2 N–H and O–H groups in total. The molecule has 1 atom stereocenters. The number of anilines is 1. The molecule has 1 saturated heterocycles. The van der Waals surface area contributed by atoms with Crippen molar-refractivity contribution in [2.75, 3.05) is 18.4 Å². The Morgan fingerprint density at radius 1 is 1.40 bits per heavy atom. The molecule has 4 rings (SSSR count). The van der Waals surface area contributed by atoms with Gasteiger partial charge in [0.05, 0.1) is 11.6 Å². The molecule has 1 aliphatic rings. The number of benzene rings is 1. The van der Waals surface area contributed by atoms with E-state index in [0.717, 1.165) is 25.9 Å². The lowest BCUT2D eigenvalue weighted by Gasteiger charge is -2.22. The van der Waals surface area contributed by atoms with Crippen LogP contribution >= 0.6 is 0 Å². The summed E-state index contributed by atoms with van der Waals surface area (Å²) in [5, 5.41) is 10.6. The molecule has 25 heavy (non-hydrogen) atoms. The molecular formula is C17H19N5O3. The molecule has 3 aromatic rings. The molecule has 0 aliphatic carbocycles. The van der Waals surface area contributed by atoms with Gasteiger partial charge in [-0.05, 0) is 43.7 Å². The van der Waals surface area contributed by atoms with Gasteiger partial charge in [0.25, 0.3) is 5.91 Å². The van der Waals surface area contributed by atoms with Crippen LogP contribution in [-0.2, 0) is 7.05 Å². The van der Waals surface area contributed by atoms with Gasteiger partial charge in [-0.25, -0.2) is 4.79 Å². The average molecular weight is 341 g/mol. The fourth-order valence-corrected chi connectivity index (χ4v) is 3.12. The molecule has 130 valence electrons. The normalized spacial score (nSPS) is 17.7. The van der Waals surface area contributed by atoms with Gasteiger partial charge in [-0.2, -0.15) is 5.10 Å². The number of amides is 1. The van der Waals surface area contributed by atoms with Crippen molar-refractivity contribution in [3.05, 3.63) is 46.7 Å². The summed E-state index contributed by atoms with van der Waals surface area (Å²) in [6, 6.07) is 7.08. The molecule has 8 nitrogen and oxygen atoms in total. The van der Waals surface area contributed by atoms with E-state index in [0.29, 0.717) is 22.5 Å². The first-order valence-corrected chi connectivity index (χ1v) is 8.28. The van der Waals surface area contributed by atoms with Crippen molar-refractivity contribution in [1.82, 2.24) is 19.7 Å². The number of piperidine rings is 1. The second-order valence-corrected chi connectivity index (χ2v) is 6.24. The van der Waals surface area contributed by atoms with E-state index < -0.39 is 5.76 Å². The molecule has 1 amide bonds. The lowest BCUT2D eigenvalue weighted by atomic mass is 10.1. The van der Waals surface area contributed by atoms with Crippen LogP contribution in [0.5, 0.6) is 0 Å². The van der Waals surface area contributed by atoms with Gasteiger partial charge in [0, 0.05) is 25.5 Å². The number of oxazole rings is 1. The number of fused-ring (bicyclic) bond motifs is 1. The van der Waals surface area contributed by atoms with E-state index >= 15 is 0 Å². The summed E-state index contributed by atoms with van der Waals surface area (Å²) in [4.78, 5) is 24.0. The van der Waals surface area contributed by atoms with E-state index in [-0.39, 0.29) is 11.9 Å². The third-order valence-corrected chi connectivity index (χ3v) is 4.54. The molecule has 1 aromatic carbocycles. The third kappa shape index (κ3) is 2.96. The second kappa shape index (κ2) is 6.21. The van der Waals surface area contributed by atoms with Crippen molar-refractivity contribution in [2.45, 2.75) is 18.9 Å². The van der Waals surface area contributed by atoms with Gasteiger partial charge in [0.15, 0.2) is 11.3 Å². The maximum Gasteiger partial charge on any atom is 0.419 e. The van der Waals surface area contributed by atoms with Crippen LogP contribution in [0.4, 0.5) is 5.69 Å². The Kier molecular flexibility index (Phi) is 3.89. The molecule has 0 spiro atoms. The fourth-order valence-electron chi connectivity index (χ4n) is 3.12. The van der Waals surface area contributed by atoms with E-state index in [9.17, 15) is 9.59 Å². The lowest BCUT2D eigenvalue weighted by molar-refractivity contribution is 0.102. The van der Waals surface area contributed by atoms with Crippen LogP contribution in [0.15, 0.2) is 39.7 Å². The predicted octanol–water partition coefficient (Wildman–Crippen LogP) is 1.50. The van der Waals surface area contributed by atoms with E-state index in [2.05, 4.69) is 15.7 Å². The van der Waals surface area contributed by atoms with Crippen LogP contribution in [0.25, 0.3) is 11.1 Å². The number of hydrogen-bond donors (Lipinski definition) is 2. The van der Waals surface area contributed by atoms with Crippen molar-refractivity contribution >= 4 is 22.7 Å². The highest BCUT2D eigenvalue weighted by atomic mass is 16.4. The van der Waals surface area contributed by atoms with Crippen molar-refractivity contribution in [3.63, 3.8) is 0 Å². The number of nitrogens with one attached hydrogen (secondary N) is 2. The van der Waals surface area contributed by atoms with Crippen LogP contribution in [-0.4, -0.2) is 33.3 Å². The Morgan fingerprint density at radius 3 is 3.08 bits per heavy atom. The average Bonchev–Trinajstić information content (AvgIpc) is 3.22. The zero-order valence-electron chi connectivity index (χ0n) is 13.9. The maximum absolute atomic E-state index is 12.4. The SMILES string of the molecule is Cn1c(=O)oc2ccc(NC(=O)c3ccn(C4CCCNC4)n3)cc21. The molecule has 2 aromatic heterocycles. The van der Waals surface area contributed by atoms with Crippen LogP contribution in [0, 0.1) is 0 Å². The van der Waals surface area contributed by atoms with E-state index in [1.54, 1.807) is 31.3 Å². The first-order valence-electron chi connectivity index (χ1n) is 8.28. The summed E-state index contributed by atoms with van der Waals surface area (Å²) in [5.74, 6) is -0.714. The first-order chi connectivity index (χ1) is 12.1. The molecule has 0 bridgehead atoms. The number of hydrogen-bond acceptors (Lipinski definition) is 5. The first kappa shape index (κ1) is 15.6. The summed E-state index contributed by atoms with van der Waals surface area (Å²) < 4.78 is 8.34. The molecular weight excluding hydrogens is 322 g/mol. The van der Waals surface area contributed by atoms with Crippen LogP contribution in [0.2, 0.25) is 0 Å². The van der Waals surface area contributed by atoms with Crippen molar-refractivity contribution in [2.24, 2.45) is 7.05 Å². The summed E-state index contributed by atoms with van der Waals surface area (Å²) in [6.45, 7) is 1.90. The standard InChI is InChI=1S/C17H19N5O3/c1-21-14-9-11(4-5-15(14)25-17(21)24)19-16(23)13-6-8-22(20-13)12-3-2-7-18-10-12/h4-6,8-9,12,18H,2-3,7,10H2,1H3,(H,19,23). The smallest absolute Gasteiger partial charge is 0.408 e. The Hall–Kier alpha value is -2.87. The molecule has 1 aliphatic heterocycles. The van der Waals surface area contributed by atoms with E-state index in [4.69, 9.17) is 4.42 Å². The maximum atomic E-state index is 12.4. The zero-order chi connectivity index (χ0) is 17.4. The molecule has 0 saturated carbocycles. The van der Waals surface area contributed by atoms with Gasteiger partial charge in [-0.15, -0.1) is 0 Å². The molecule has 3 heterocycles. The van der Waals surface area contributed by atoms with Crippen molar-refractivity contribution in [3.8, 4) is 0 Å². The number of carbonyl (C=O) groups excluding carboxylic acids is 1. The summed E-state index contributed by atoms with van der Waals surface area (Å²) in [7, 11) is 1.62. The summed E-state index contributed by atoms with van der Waals surface area (Å²) >= 11 is 0.